The van der Waals surface area contributed by atoms with Crippen LogP contribution in [0.3, 0.4) is 0 Å². The first-order valence-corrected chi connectivity index (χ1v) is 5.78. The molecule has 0 aliphatic heterocycles. The van der Waals surface area contributed by atoms with Gasteiger partial charge >= 0.3 is 5.97 Å². The second-order valence-corrected chi connectivity index (χ2v) is 3.83. The zero-order valence-electron chi connectivity index (χ0n) is 11.5. The van der Waals surface area contributed by atoms with E-state index < -0.39 is 24.5 Å². The first-order valence-electron chi connectivity index (χ1n) is 5.78. The molecule has 7 heteroatoms. The summed E-state index contributed by atoms with van der Waals surface area (Å²) in [5, 5.41) is 11.4. The third kappa shape index (κ3) is 3.86. The number of aliphatic hydroxyl groups excluding tert-OH is 1. The molecule has 0 bridgehead atoms. The van der Waals surface area contributed by atoms with Gasteiger partial charge < -0.3 is 24.6 Å². The van der Waals surface area contributed by atoms with Gasteiger partial charge in [-0.2, -0.15) is 0 Å². The maximum atomic E-state index is 12.0. The third-order valence-electron chi connectivity index (χ3n) is 2.59. The normalized spacial score (nSPS) is 11.4. The fourth-order valence-corrected chi connectivity index (χ4v) is 1.50. The minimum absolute atomic E-state index is 0.239. The Kier molecular flexibility index (Phi) is 5.79. The molecule has 2 N–H and O–H groups in total. The van der Waals surface area contributed by atoms with Gasteiger partial charge in [-0.3, -0.25) is 4.79 Å². The number of methoxy groups -OCH3 is 3. The molecule has 0 spiro atoms. The van der Waals surface area contributed by atoms with Crippen LogP contribution in [0, 0.1) is 0 Å². The highest BCUT2D eigenvalue weighted by Crippen LogP contribution is 2.22. The lowest BCUT2D eigenvalue weighted by molar-refractivity contribution is -0.143. The minimum atomic E-state index is -1.12. The van der Waals surface area contributed by atoms with Crippen LogP contribution in [0.2, 0.25) is 0 Å². The van der Waals surface area contributed by atoms with Crippen LogP contribution in [0.5, 0.6) is 11.5 Å². The molecule has 1 atom stereocenters. The van der Waals surface area contributed by atoms with Gasteiger partial charge in [-0.15, -0.1) is 0 Å². The topological polar surface area (TPSA) is 94.1 Å². The Bertz CT molecular complexity index is 465. The van der Waals surface area contributed by atoms with Crippen molar-refractivity contribution in [2.24, 2.45) is 0 Å². The van der Waals surface area contributed by atoms with Crippen molar-refractivity contribution in [3.8, 4) is 11.5 Å². The lowest BCUT2D eigenvalue weighted by atomic mass is 10.1. The van der Waals surface area contributed by atoms with Crippen molar-refractivity contribution in [2.45, 2.75) is 6.04 Å². The quantitative estimate of drug-likeness (QED) is 0.712. The average molecular weight is 283 g/mol. The van der Waals surface area contributed by atoms with E-state index >= 15 is 0 Å². The zero-order chi connectivity index (χ0) is 15.1. The highest BCUT2D eigenvalue weighted by atomic mass is 16.5. The number of rotatable bonds is 6. The minimum Gasteiger partial charge on any atom is -0.497 e. The van der Waals surface area contributed by atoms with Gasteiger partial charge in [-0.25, -0.2) is 4.79 Å². The van der Waals surface area contributed by atoms with Crippen LogP contribution in [0.1, 0.15) is 10.4 Å². The van der Waals surface area contributed by atoms with E-state index in [-0.39, 0.29) is 5.56 Å². The Labute approximate surface area is 116 Å². The van der Waals surface area contributed by atoms with E-state index in [1.54, 1.807) is 6.07 Å². The largest absolute Gasteiger partial charge is 0.497 e. The molecule has 1 aromatic rings. The van der Waals surface area contributed by atoms with Crippen molar-refractivity contribution in [3.63, 3.8) is 0 Å². The predicted molar refractivity (Wildman–Crippen MR) is 69.9 cm³/mol. The number of hydrogen-bond donors (Lipinski definition) is 2. The Hall–Kier alpha value is -2.28. The first-order chi connectivity index (χ1) is 9.55. The van der Waals surface area contributed by atoms with Gasteiger partial charge in [-0.05, 0) is 12.1 Å². The number of carbonyl (C=O) groups excluding carboxylic acids is 2. The maximum Gasteiger partial charge on any atom is 0.330 e. The van der Waals surface area contributed by atoms with Crippen molar-refractivity contribution in [2.75, 3.05) is 27.9 Å². The summed E-state index contributed by atoms with van der Waals surface area (Å²) in [5.41, 5.74) is 0.239. The molecule has 7 nitrogen and oxygen atoms in total. The van der Waals surface area contributed by atoms with Gasteiger partial charge in [0.1, 0.15) is 11.5 Å². The number of hydrogen-bond acceptors (Lipinski definition) is 6. The number of aliphatic hydroxyl groups is 1. The second kappa shape index (κ2) is 7.34. The van der Waals surface area contributed by atoms with Gasteiger partial charge in [0.2, 0.25) is 0 Å². The molecular weight excluding hydrogens is 266 g/mol. The monoisotopic (exact) mass is 283 g/mol. The number of carbonyl (C=O) groups is 2. The fourth-order valence-electron chi connectivity index (χ4n) is 1.50. The first kappa shape index (κ1) is 15.8. The molecule has 0 saturated heterocycles. The molecule has 0 saturated carbocycles. The highest BCUT2D eigenvalue weighted by Gasteiger charge is 2.21. The van der Waals surface area contributed by atoms with Crippen molar-refractivity contribution in [3.05, 3.63) is 23.8 Å². The molecule has 1 amide bonds. The van der Waals surface area contributed by atoms with E-state index in [0.717, 1.165) is 0 Å². The standard InChI is InChI=1S/C13H17NO6/c1-18-9-4-8(5-10(6-9)19-2)12(16)14-11(7-15)13(17)20-3/h4-6,11,15H,7H2,1-3H3,(H,14,16)/t11-/m0/s1. The molecule has 110 valence electrons. The zero-order valence-corrected chi connectivity index (χ0v) is 11.5. The Morgan fingerprint density at radius 1 is 1.15 bits per heavy atom. The number of esters is 1. The van der Waals surface area contributed by atoms with E-state index in [1.165, 1.54) is 33.5 Å². The summed E-state index contributed by atoms with van der Waals surface area (Å²) in [4.78, 5) is 23.3. The van der Waals surface area contributed by atoms with Crippen molar-refractivity contribution in [1.29, 1.82) is 0 Å². The van der Waals surface area contributed by atoms with Crippen LogP contribution in [0.15, 0.2) is 18.2 Å². The molecule has 1 aromatic carbocycles. The summed E-state index contributed by atoms with van der Waals surface area (Å²) < 4.78 is 14.6. The molecule has 20 heavy (non-hydrogen) atoms. The van der Waals surface area contributed by atoms with E-state index in [9.17, 15) is 9.59 Å². The molecule has 0 heterocycles. The van der Waals surface area contributed by atoms with Crippen LogP contribution >= 0.6 is 0 Å². The lowest BCUT2D eigenvalue weighted by Crippen LogP contribution is -2.44. The SMILES string of the molecule is COC(=O)[C@H](CO)NC(=O)c1cc(OC)cc(OC)c1. The lowest BCUT2D eigenvalue weighted by Gasteiger charge is -2.14. The Balaban J connectivity index is 2.93. The van der Waals surface area contributed by atoms with Crippen LogP contribution < -0.4 is 14.8 Å². The van der Waals surface area contributed by atoms with E-state index in [1.807, 2.05) is 0 Å². The number of ether oxygens (including phenoxy) is 3. The van der Waals surface area contributed by atoms with Gasteiger partial charge in [0.25, 0.3) is 5.91 Å². The fraction of sp³-hybridized carbons (Fsp3) is 0.385. The molecular formula is C13H17NO6. The van der Waals surface area contributed by atoms with Crippen molar-refractivity contribution in [1.82, 2.24) is 5.32 Å². The molecule has 1 rings (SSSR count). The van der Waals surface area contributed by atoms with Crippen LogP contribution in [-0.2, 0) is 9.53 Å². The van der Waals surface area contributed by atoms with Gasteiger partial charge in [0, 0.05) is 11.6 Å². The number of benzene rings is 1. The maximum absolute atomic E-state index is 12.0. The molecule has 0 radical (unpaired) electrons. The molecule has 0 aromatic heterocycles. The van der Waals surface area contributed by atoms with Crippen LogP contribution in [-0.4, -0.2) is 51.0 Å². The summed E-state index contributed by atoms with van der Waals surface area (Å²) in [5.74, 6) is -0.399. The van der Waals surface area contributed by atoms with E-state index in [0.29, 0.717) is 11.5 Å². The molecule has 0 aliphatic carbocycles. The van der Waals surface area contributed by atoms with Gasteiger partial charge in [-0.1, -0.05) is 0 Å². The summed E-state index contributed by atoms with van der Waals surface area (Å²) >= 11 is 0. The Morgan fingerprint density at radius 3 is 2.10 bits per heavy atom. The number of amides is 1. The van der Waals surface area contributed by atoms with Gasteiger partial charge in [0.15, 0.2) is 6.04 Å². The summed E-state index contributed by atoms with van der Waals surface area (Å²) in [6.07, 6.45) is 0. The molecule has 0 unspecified atom stereocenters. The molecule has 0 aliphatic rings. The summed E-state index contributed by atoms with van der Waals surface area (Å²) in [7, 11) is 4.09. The van der Waals surface area contributed by atoms with Gasteiger partial charge in [0.05, 0.1) is 27.9 Å². The molecule has 0 fully saturated rings. The van der Waals surface area contributed by atoms with Crippen LogP contribution in [0.25, 0.3) is 0 Å². The highest BCUT2D eigenvalue weighted by molar-refractivity contribution is 5.97. The average Bonchev–Trinajstić information content (AvgIpc) is 2.50. The third-order valence-corrected chi connectivity index (χ3v) is 2.59. The van der Waals surface area contributed by atoms with Crippen LogP contribution in [0.4, 0.5) is 0 Å². The Morgan fingerprint density at radius 2 is 1.70 bits per heavy atom. The van der Waals surface area contributed by atoms with E-state index in [2.05, 4.69) is 10.1 Å². The van der Waals surface area contributed by atoms with E-state index in [4.69, 9.17) is 14.6 Å². The smallest absolute Gasteiger partial charge is 0.330 e. The summed E-state index contributed by atoms with van der Waals surface area (Å²) in [6.45, 7) is -0.556. The number of nitrogens with one attached hydrogen (secondary N) is 1. The van der Waals surface area contributed by atoms with Crippen molar-refractivity contribution < 1.29 is 28.9 Å². The summed E-state index contributed by atoms with van der Waals surface area (Å²) in [6, 6.07) is 3.47. The van der Waals surface area contributed by atoms with Crippen molar-refractivity contribution >= 4 is 11.9 Å². The second-order valence-electron chi connectivity index (χ2n) is 3.83. The predicted octanol–water partition coefficient (Wildman–Crippen LogP) is -0.0325.